The highest BCUT2D eigenvalue weighted by molar-refractivity contribution is 6.06. The molecule has 0 bridgehead atoms. The third kappa shape index (κ3) is 2.59. The molecule has 0 spiro atoms. The molecule has 0 atom stereocenters. The van der Waals surface area contributed by atoms with E-state index in [9.17, 15) is 4.79 Å². The van der Waals surface area contributed by atoms with Gasteiger partial charge in [0.05, 0.1) is 23.3 Å². The van der Waals surface area contributed by atoms with Gasteiger partial charge in [0.25, 0.3) is 11.6 Å². The first-order valence-electron chi connectivity index (χ1n) is 7.69. The van der Waals surface area contributed by atoms with Crippen LogP contribution in [-0.4, -0.2) is 46.3 Å². The van der Waals surface area contributed by atoms with Crippen molar-refractivity contribution in [3.05, 3.63) is 23.0 Å². The number of fused-ring (bicyclic) bond motifs is 1. The molecule has 0 aromatic carbocycles. The molecule has 0 aliphatic heterocycles. The summed E-state index contributed by atoms with van der Waals surface area (Å²) in [6.07, 6.45) is 2.20. The van der Waals surface area contributed by atoms with Crippen LogP contribution < -0.4 is 0 Å². The molecule has 1 fully saturated rings. The third-order valence-electron chi connectivity index (χ3n) is 4.05. The van der Waals surface area contributed by atoms with E-state index >= 15 is 0 Å². The minimum absolute atomic E-state index is 0.0629. The van der Waals surface area contributed by atoms with Gasteiger partial charge in [-0.05, 0) is 24.8 Å². The fourth-order valence-electron chi connectivity index (χ4n) is 2.60. The molecule has 1 N–H and O–H groups in total. The lowest BCUT2D eigenvalue weighted by Crippen LogP contribution is -2.29. The molecule has 1 amide bonds. The summed E-state index contributed by atoms with van der Waals surface area (Å²) < 4.78 is 5.38. The van der Waals surface area contributed by atoms with E-state index in [-0.39, 0.29) is 18.4 Å². The number of hydrogen-bond donors (Lipinski definition) is 1. The second kappa shape index (κ2) is 5.68. The number of aromatic nitrogens is 2. The molecule has 3 rings (SSSR count). The lowest BCUT2D eigenvalue weighted by Gasteiger charge is -2.17. The average molecular weight is 303 g/mol. The Kier molecular flexibility index (Phi) is 3.87. The van der Waals surface area contributed by atoms with E-state index in [1.807, 2.05) is 19.9 Å². The molecular formula is C16H21N3O3. The van der Waals surface area contributed by atoms with Crippen molar-refractivity contribution in [1.29, 1.82) is 0 Å². The SMILES string of the molecule is CC(C)c1noc2nc(C3CC3)cc(C(=O)N(C)CCO)c12. The highest BCUT2D eigenvalue weighted by Gasteiger charge is 2.30. The van der Waals surface area contributed by atoms with E-state index < -0.39 is 0 Å². The van der Waals surface area contributed by atoms with Crippen molar-refractivity contribution in [2.45, 2.75) is 38.5 Å². The second-order valence-corrected chi connectivity index (χ2v) is 6.22. The van der Waals surface area contributed by atoms with Gasteiger partial charge in [0.1, 0.15) is 0 Å². The fourth-order valence-corrected chi connectivity index (χ4v) is 2.60. The molecule has 6 nitrogen and oxygen atoms in total. The molecule has 1 saturated carbocycles. The Morgan fingerprint density at radius 1 is 1.50 bits per heavy atom. The maximum Gasteiger partial charge on any atom is 0.259 e. The van der Waals surface area contributed by atoms with Crippen LogP contribution in [-0.2, 0) is 0 Å². The molecule has 0 unspecified atom stereocenters. The van der Waals surface area contributed by atoms with Gasteiger partial charge in [0.15, 0.2) is 0 Å². The number of nitrogens with zero attached hydrogens (tertiary/aromatic N) is 3. The first-order valence-corrected chi connectivity index (χ1v) is 7.69. The monoisotopic (exact) mass is 303 g/mol. The van der Waals surface area contributed by atoms with Gasteiger partial charge in [-0.15, -0.1) is 0 Å². The zero-order valence-corrected chi connectivity index (χ0v) is 13.2. The molecule has 0 radical (unpaired) electrons. The quantitative estimate of drug-likeness (QED) is 0.916. The Bertz CT molecular complexity index is 704. The van der Waals surface area contributed by atoms with Crippen LogP contribution in [0.5, 0.6) is 0 Å². The normalized spacial score (nSPS) is 14.8. The second-order valence-electron chi connectivity index (χ2n) is 6.22. The summed E-state index contributed by atoms with van der Waals surface area (Å²) in [5.74, 6) is 0.435. The number of likely N-dealkylation sites (N-methyl/N-ethyl adjacent to an activating group) is 1. The van der Waals surface area contributed by atoms with E-state index in [4.69, 9.17) is 9.63 Å². The van der Waals surface area contributed by atoms with Crippen LogP contribution in [0.3, 0.4) is 0 Å². The molecule has 1 aliphatic rings. The molecule has 2 aromatic rings. The molecule has 22 heavy (non-hydrogen) atoms. The number of rotatable bonds is 5. The number of hydrogen-bond acceptors (Lipinski definition) is 5. The van der Waals surface area contributed by atoms with Crippen LogP contribution >= 0.6 is 0 Å². The largest absolute Gasteiger partial charge is 0.395 e. The minimum atomic E-state index is -0.131. The van der Waals surface area contributed by atoms with Crippen molar-refractivity contribution in [3.63, 3.8) is 0 Å². The molecule has 1 aliphatic carbocycles. The molecule has 2 aromatic heterocycles. The van der Waals surface area contributed by atoms with Crippen molar-refractivity contribution in [3.8, 4) is 0 Å². The van der Waals surface area contributed by atoms with Crippen molar-refractivity contribution in [2.75, 3.05) is 20.2 Å². The number of aliphatic hydroxyl groups excluding tert-OH is 1. The fraction of sp³-hybridized carbons (Fsp3) is 0.562. The highest BCUT2D eigenvalue weighted by atomic mass is 16.5. The first kappa shape index (κ1) is 15.0. The third-order valence-corrected chi connectivity index (χ3v) is 4.05. The maximum absolute atomic E-state index is 12.7. The number of pyridine rings is 1. The van der Waals surface area contributed by atoms with Crippen molar-refractivity contribution >= 4 is 17.0 Å². The van der Waals surface area contributed by atoms with E-state index in [0.29, 0.717) is 29.1 Å². The smallest absolute Gasteiger partial charge is 0.259 e. The Hall–Kier alpha value is -1.95. The van der Waals surface area contributed by atoms with Crippen molar-refractivity contribution in [1.82, 2.24) is 15.0 Å². The van der Waals surface area contributed by atoms with Gasteiger partial charge in [-0.3, -0.25) is 4.79 Å². The van der Waals surface area contributed by atoms with Gasteiger partial charge in [0, 0.05) is 25.2 Å². The molecule has 0 saturated heterocycles. The Balaban J connectivity index is 2.15. The topological polar surface area (TPSA) is 79.5 Å². The average Bonchev–Trinajstić information content (AvgIpc) is 3.24. The summed E-state index contributed by atoms with van der Waals surface area (Å²) in [6, 6.07) is 1.87. The molecule has 6 heteroatoms. The van der Waals surface area contributed by atoms with Crippen LogP contribution in [0.1, 0.15) is 60.3 Å². The number of amides is 1. The lowest BCUT2D eigenvalue weighted by atomic mass is 10.0. The van der Waals surface area contributed by atoms with Gasteiger partial charge in [0.2, 0.25) is 0 Å². The summed E-state index contributed by atoms with van der Waals surface area (Å²) in [4.78, 5) is 18.8. The van der Waals surface area contributed by atoms with Gasteiger partial charge in [-0.2, -0.15) is 0 Å². The number of carbonyl (C=O) groups excluding carboxylic acids is 1. The lowest BCUT2D eigenvalue weighted by molar-refractivity contribution is 0.0768. The molecular weight excluding hydrogens is 282 g/mol. The summed E-state index contributed by atoms with van der Waals surface area (Å²) in [7, 11) is 1.68. The van der Waals surface area contributed by atoms with Crippen LogP contribution in [0, 0.1) is 0 Å². The minimum Gasteiger partial charge on any atom is -0.395 e. The first-order chi connectivity index (χ1) is 10.5. The van der Waals surface area contributed by atoms with E-state index in [1.165, 1.54) is 4.90 Å². The van der Waals surface area contributed by atoms with Crippen molar-refractivity contribution in [2.24, 2.45) is 0 Å². The number of aliphatic hydroxyl groups is 1. The van der Waals surface area contributed by atoms with Crippen LogP contribution in [0.4, 0.5) is 0 Å². The molecule has 2 heterocycles. The standard InChI is InChI=1S/C16H21N3O3/c1-9(2)14-13-11(16(21)19(3)6-7-20)8-12(10-4-5-10)17-15(13)22-18-14/h8-10,20H,4-7H2,1-3H3. The predicted molar refractivity (Wildman–Crippen MR) is 81.9 cm³/mol. The van der Waals surface area contributed by atoms with Crippen LogP contribution in [0.15, 0.2) is 10.6 Å². The van der Waals surface area contributed by atoms with Gasteiger partial charge in [-0.25, -0.2) is 4.98 Å². The van der Waals surface area contributed by atoms with E-state index in [0.717, 1.165) is 24.2 Å². The van der Waals surface area contributed by atoms with Gasteiger partial charge < -0.3 is 14.5 Å². The highest BCUT2D eigenvalue weighted by Crippen LogP contribution is 2.41. The summed E-state index contributed by atoms with van der Waals surface area (Å²) >= 11 is 0. The zero-order valence-electron chi connectivity index (χ0n) is 13.2. The summed E-state index contributed by atoms with van der Waals surface area (Å²) in [5.41, 5.74) is 2.67. The Morgan fingerprint density at radius 2 is 2.23 bits per heavy atom. The Morgan fingerprint density at radius 3 is 2.82 bits per heavy atom. The Labute approximate surface area is 129 Å². The van der Waals surface area contributed by atoms with Gasteiger partial charge in [-0.1, -0.05) is 19.0 Å². The van der Waals surface area contributed by atoms with Crippen LogP contribution in [0.2, 0.25) is 0 Å². The van der Waals surface area contributed by atoms with Gasteiger partial charge >= 0.3 is 0 Å². The van der Waals surface area contributed by atoms with E-state index in [1.54, 1.807) is 7.05 Å². The van der Waals surface area contributed by atoms with Crippen LogP contribution in [0.25, 0.3) is 11.1 Å². The summed E-state index contributed by atoms with van der Waals surface area (Å²) in [5, 5.41) is 13.9. The maximum atomic E-state index is 12.7. The molecule has 118 valence electrons. The summed E-state index contributed by atoms with van der Waals surface area (Å²) in [6.45, 7) is 4.26. The van der Waals surface area contributed by atoms with Crippen molar-refractivity contribution < 1.29 is 14.4 Å². The zero-order chi connectivity index (χ0) is 15.9. The predicted octanol–water partition coefficient (Wildman–Crippen LogP) is 2.29. The van der Waals surface area contributed by atoms with E-state index in [2.05, 4.69) is 10.1 Å². The number of carbonyl (C=O) groups is 1.